The molecule has 0 heterocycles. The van der Waals surface area contributed by atoms with Gasteiger partial charge in [0.1, 0.15) is 6.54 Å². The second-order valence-corrected chi connectivity index (χ2v) is 6.85. The summed E-state index contributed by atoms with van der Waals surface area (Å²) in [5.74, 6) is -4.01. The highest BCUT2D eigenvalue weighted by atomic mass is 35.9. The van der Waals surface area contributed by atoms with Gasteiger partial charge in [-0.15, -0.1) is 6.58 Å². The van der Waals surface area contributed by atoms with Crippen LogP contribution in [0, 0.1) is 0 Å². The van der Waals surface area contributed by atoms with Gasteiger partial charge in [-0.1, -0.05) is 6.08 Å². The highest BCUT2D eigenvalue weighted by Gasteiger charge is 2.26. The van der Waals surface area contributed by atoms with Gasteiger partial charge in [-0.3, -0.25) is 9.36 Å². The minimum absolute atomic E-state index is 0.166. The number of esters is 1. The first-order valence-corrected chi connectivity index (χ1v) is 6.81. The second-order valence-electron chi connectivity index (χ2n) is 2.15. The molecular formula is C6H10Cl2NO3P. The van der Waals surface area contributed by atoms with Crippen molar-refractivity contribution >= 4 is 34.4 Å². The number of halogens is 2. The van der Waals surface area contributed by atoms with E-state index in [4.69, 9.17) is 22.5 Å². The second kappa shape index (κ2) is 5.66. The standard InChI is InChI=1S/C6H10Cl2NO3P/c1-3-4-9(13(7,8)11)5-6(10)12-2/h3H,1,4-5H2,2H3. The van der Waals surface area contributed by atoms with E-state index in [2.05, 4.69) is 11.3 Å². The third-order valence-electron chi connectivity index (χ3n) is 1.21. The van der Waals surface area contributed by atoms with Crippen molar-refractivity contribution in [2.45, 2.75) is 0 Å². The van der Waals surface area contributed by atoms with Gasteiger partial charge in [-0.25, -0.2) is 4.67 Å². The Labute approximate surface area is 86.4 Å². The number of hydrogen-bond acceptors (Lipinski definition) is 3. The van der Waals surface area contributed by atoms with E-state index in [1.807, 2.05) is 0 Å². The van der Waals surface area contributed by atoms with Crippen molar-refractivity contribution in [2.75, 3.05) is 20.2 Å². The van der Waals surface area contributed by atoms with Crippen LogP contribution in [-0.4, -0.2) is 30.8 Å². The zero-order valence-corrected chi connectivity index (χ0v) is 9.48. The fraction of sp³-hybridized carbons (Fsp3) is 0.500. The summed E-state index contributed by atoms with van der Waals surface area (Å²) in [6.07, 6.45) is 1.44. The number of nitrogens with zero attached hydrogens (tertiary/aromatic N) is 1. The molecular weight excluding hydrogens is 236 g/mol. The van der Waals surface area contributed by atoms with Crippen molar-refractivity contribution in [3.8, 4) is 0 Å². The maximum absolute atomic E-state index is 11.2. The summed E-state index contributed by atoms with van der Waals surface area (Å²) < 4.78 is 16.6. The van der Waals surface area contributed by atoms with E-state index in [-0.39, 0.29) is 13.1 Å². The molecule has 0 spiro atoms. The summed E-state index contributed by atoms with van der Waals surface area (Å²) in [5, 5.41) is 0. The summed E-state index contributed by atoms with van der Waals surface area (Å²) in [4.78, 5) is 10.8. The molecule has 13 heavy (non-hydrogen) atoms. The fourth-order valence-corrected chi connectivity index (χ4v) is 1.88. The summed E-state index contributed by atoms with van der Waals surface area (Å²) >= 11 is 10.7. The predicted octanol–water partition coefficient (Wildman–Crippen LogP) is 2.23. The Bertz CT molecular complexity index is 240. The van der Waals surface area contributed by atoms with Gasteiger partial charge in [0.15, 0.2) is 0 Å². The third-order valence-corrected chi connectivity index (χ3v) is 3.45. The van der Waals surface area contributed by atoms with E-state index in [9.17, 15) is 9.36 Å². The summed E-state index contributed by atoms with van der Waals surface area (Å²) in [6.45, 7) is 3.37. The van der Waals surface area contributed by atoms with Gasteiger partial charge in [0, 0.05) is 6.54 Å². The maximum Gasteiger partial charge on any atom is 0.322 e. The fourth-order valence-electron chi connectivity index (χ4n) is 0.605. The Morgan fingerprint density at radius 1 is 1.69 bits per heavy atom. The topological polar surface area (TPSA) is 46.6 Å². The molecule has 0 aliphatic rings. The van der Waals surface area contributed by atoms with Crippen LogP contribution >= 0.6 is 28.5 Å². The van der Waals surface area contributed by atoms with Crippen molar-refractivity contribution in [3.05, 3.63) is 12.7 Å². The smallest absolute Gasteiger partial charge is 0.322 e. The molecule has 76 valence electrons. The molecule has 0 aliphatic heterocycles. The molecule has 0 aromatic carbocycles. The SMILES string of the molecule is C=CCN(CC(=O)OC)P(=O)(Cl)Cl. The molecule has 0 saturated heterocycles. The number of rotatable bonds is 5. The van der Waals surface area contributed by atoms with E-state index in [1.54, 1.807) is 0 Å². The lowest BCUT2D eigenvalue weighted by Crippen LogP contribution is -2.25. The Kier molecular flexibility index (Phi) is 5.65. The largest absolute Gasteiger partial charge is 0.468 e. The van der Waals surface area contributed by atoms with Gasteiger partial charge in [-0.05, 0) is 22.5 Å². The highest BCUT2D eigenvalue weighted by Crippen LogP contribution is 2.59. The van der Waals surface area contributed by atoms with Crippen LogP contribution < -0.4 is 0 Å². The van der Waals surface area contributed by atoms with E-state index >= 15 is 0 Å². The van der Waals surface area contributed by atoms with Gasteiger partial charge in [0.05, 0.1) is 7.11 Å². The number of carbonyl (C=O) groups excluding carboxylic acids is 1. The molecule has 0 aliphatic carbocycles. The quantitative estimate of drug-likeness (QED) is 0.424. The molecule has 0 radical (unpaired) electrons. The molecule has 0 rings (SSSR count). The van der Waals surface area contributed by atoms with Crippen LogP contribution in [0.15, 0.2) is 12.7 Å². The number of carbonyl (C=O) groups is 1. The maximum atomic E-state index is 11.2. The van der Waals surface area contributed by atoms with Crippen molar-refractivity contribution in [1.82, 2.24) is 4.67 Å². The Hall–Kier alpha value is -0.0200. The van der Waals surface area contributed by atoms with Crippen LogP contribution in [0.2, 0.25) is 0 Å². The first kappa shape index (κ1) is 13.0. The van der Waals surface area contributed by atoms with E-state index in [0.29, 0.717) is 0 Å². The summed E-state index contributed by atoms with van der Waals surface area (Å²) in [5.41, 5.74) is 0. The van der Waals surface area contributed by atoms with Crippen LogP contribution in [0.4, 0.5) is 0 Å². The monoisotopic (exact) mass is 245 g/mol. The van der Waals surface area contributed by atoms with Crippen LogP contribution in [0.3, 0.4) is 0 Å². The molecule has 0 aromatic rings. The average Bonchev–Trinajstić information content (AvgIpc) is 2.01. The van der Waals surface area contributed by atoms with E-state index < -0.39 is 12.0 Å². The van der Waals surface area contributed by atoms with Crippen LogP contribution in [0.25, 0.3) is 0 Å². The molecule has 0 aromatic heterocycles. The summed E-state index contributed by atoms with van der Waals surface area (Å²) in [7, 11) is 1.22. The molecule has 0 unspecified atom stereocenters. The molecule has 0 atom stereocenters. The Morgan fingerprint density at radius 2 is 2.23 bits per heavy atom. The van der Waals surface area contributed by atoms with Gasteiger partial charge in [0.2, 0.25) is 0 Å². The first-order chi connectivity index (χ1) is 5.91. The molecule has 7 heteroatoms. The minimum Gasteiger partial charge on any atom is -0.468 e. The van der Waals surface area contributed by atoms with Crippen molar-refractivity contribution in [1.29, 1.82) is 0 Å². The molecule has 0 fully saturated rings. The summed E-state index contributed by atoms with van der Waals surface area (Å²) in [6, 6.07) is 0. The molecule has 0 bridgehead atoms. The molecule has 4 nitrogen and oxygen atoms in total. The zero-order chi connectivity index (χ0) is 10.5. The first-order valence-electron chi connectivity index (χ1n) is 3.34. The lowest BCUT2D eigenvalue weighted by molar-refractivity contribution is -0.140. The lowest BCUT2D eigenvalue weighted by atomic mass is 10.5. The normalized spacial score (nSPS) is 11.4. The number of hydrogen-bond donors (Lipinski definition) is 0. The van der Waals surface area contributed by atoms with Crippen LogP contribution in [0.5, 0.6) is 0 Å². The van der Waals surface area contributed by atoms with Gasteiger partial charge >= 0.3 is 12.0 Å². The highest BCUT2D eigenvalue weighted by molar-refractivity contribution is 8.06. The van der Waals surface area contributed by atoms with Crippen LogP contribution in [0.1, 0.15) is 0 Å². The van der Waals surface area contributed by atoms with Crippen molar-refractivity contribution in [3.63, 3.8) is 0 Å². The molecule has 0 amide bonds. The predicted molar refractivity (Wildman–Crippen MR) is 53.1 cm³/mol. The lowest BCUT2D eigenvalue weighted by Gasteiger charge is -2.19. The van der Waals surface area contributed by atoms with Crippen molar-refractivity contribution < 1.29 is 14.1 Å². The minimum atomic E-state index is -3.45. The number of methoxy groups -OCH3 is 1. The average molecular weight is 246 g/mol. The van der Waals surface area contributed by atoms with Gasteiger partial charge < -0.3 is 4.74 Å². The van der Waals surface area contributed by atoms with Gasteiger partial charge in [0.25, 0.3) is 0 Å². The number of ether oxygens (including phenoxy) is 1. The van der Waals surface area contributed by atoms with Crippen molar-refractivity contribution in [2.24, 2.45) is 0 Å². The van der Waals surface area contributed by atoms with Gasteiger partial charge in [-0.2, -0.15) is 0 Å². The zero-order valence-electron chi connectivity index (χ0n) is 7.07. The Morgan fingerprint density at radius 3 is 2.54 bits per heavy atom. The third kappa shape index (κ3) is 5.32. The molecule has 0 N–H and O–H groups in total. The van der Waals surface area contributed by atoms with E-state index in [1.165, 1.54) is 13.2 Å². The Balaban J connectivity index is 4.35. The van der Waals surface area contributed by atoms with Crippen LogP contribution in [-0.2, 0) is 14.1 Å². The van der Waals surface area contributed by atoms with E-state index in [0.717, 1.165) is 4.67 Å². The molecule has 0 saturated carbocycles.